The smallest absolute Gasteiger partial charge is 0.272 e. The number of nitrogens with one attached hydrogen (secondary N) is 1. The molecule has 4 rings (SSSR count). The summed E-state index contributed by atoms with van der Waals surface area (Å²) in [5.41, 5.74) is 5.18. The van der Waals surface area contributed by atoms with Crippen molar-refractivity contribution in [2.75, 3.05) is 18.4 Å². The molecule has 0 saturated heterocycles. The molecule has 0 spiro atoms. The summed E-state index contributed by atoms with van der Waals surface area (Å²) in [6.07, 6.45) is 3.52. The third-order valence-corrected chi connectivity index (χ3v) is 5.31. The largest absolute Gasteiger partial charge is 0.383 e. The molecule has 0 fully saturated rings. The molecule has 1 aliphatic rings. The zero-order valence-electron chi connectivity index (χ0n) is 15.6. The van der Waals surface area contributed by atoms with Crippen molar-refractivity contribution in [2.45, 2.75) is 19.4 Å². The van der Waals surface area contributed by atoms with E-state index in [0.29, 0.717) is 12.2 Å². The van der Waals surface area contributed by atoms with Crippen LogP contribution in [0.5, 0.6) is 0 Å². The number of fused-ring (bicyclic) bond motifs is 1. The van der Waals surface area contributed by atoms with Crippen LogP contribution in [-0.2, 0) is 19.4 Å². The first-order chi connectivity index (χ1) is 13.7. The number of carbonyl (C=O) groups excluding carboxylic acids is 1. The van der Waals surface area contributed by atoms with Crippen LogP contribution in [0.1, 0.15) is 27.2 Å². The van der Waals surface area contributed by atoms with Gasteiger partial charge in [0.15, 0.2) is 0 Å². The molecule has 0 atom stereocenters. The van der Waals surface area contributed by atoms with Gasteiger partial charge in [0.05, 0.1) is 11.9 Å². The fraction of sp³-hybridized carbons (Fsp3) is 0.217. The van der Waals surface area contributed by atoms with Crippen LogP contribution < -0.4 is 5.32 Å². The van der Waals surface area contributed by atoms with Crippen LogP contribution in [0.3, 0.4) is 0 Å². The topological polar surface area (TPSA) is 45.2 Å². The van der Waals surface area contributed by atoms with Gasteiger partial charge in [0.2, 0.25) is 0 Å². The Bertz CT molecular complexity index is 954. The van der Waals surface area contributed by atoms with Gasteiger partial charge in [-0.05, 0) is 53.8 Å². The number of nitrogens with zero attached hydrogens (tertiary/aromatic N) is 2. The van der Waals surface area contributed by atoms with Crippen molar-refractivity contribution in [3.05, 3.63) is 94.3 Å². The van der Waals surface area contributed by atoms with Crippen LogP contribution in [0.4, 0.5) is 5.69 Å². The average molecular weight is 392 g/mol. The maximum absolute atomic E-state index is 12.8. The Kier molecular flexibility index (Phi) is 5.58. The molecule has 142 valence electrons. The van der Waals surface area contributed by atoms with E-state index in [0.717, 1.165) is 36.6 Å². The first-order valence-corrected chi connectivity index (χ1v) is 9.87. The molecule has 2 heterocycles. The number of hydrogen-bond acceptors (Lipinski definition) is 3. The minimum Gasteiger partial charge on any atom is -0.383 e. The first-order valence-electron chi connectivity index (χ1n) is 9.49. The molecule has 4 nitrogen and oxygen atoms in total. The lowest BCUT2D eigenvalue weighted by Gasteiger charge is -2.28. The average Bonchev–Trinajstić information content (AvgIpc) is 2.75. The summed E-state index contributed by atoms with van der Waals surface area (Å²) in [7, 11) is 0. The third-order valence-electron chi connectivity index (χ3n) is 5.06. The highest BCUT2D eigenvalue weighted by molar-refractivity contribution is 6.30. The second-order valence-corrected chi connectivity index (χ2v) is 7.42. The molecule has 3 aromatic rings. The number of anilines is 1. The van der Waals surface area contributed by atoms with Crippen LogP contribution in [0.25, 0.3) is 0 Å². The lowest BCUT2D eigenvalue weighted by molar-refractivity contribution is 0.0729. The van der Waals surface area contributed by atoms with E-state index in [1.165, 1.54) is 16.7 Å². The van der Waals surface area contributed by atoms with Gasteiger partial charge in [0, 0.05) is 24.7 Å². The van der Waals surface area contributed by atoms with E-state index in [-0.39, 0.29) is 5.91 Å². The molecule has 1 N–H and O–H groups in total. The number of benzene rings is 2. The van der Waals surface area contributed by atoms with E-state index in [4.69, 9.17) is 11.6 Å². The van der Waals surface area contributed by atoms with Gasteiger partial charge in [-0.25, -0.2) is 4.98 Å². The molecule has 1 amide bonds. The Hall–Kier alpha value is -2.85. The van der Waals surface area contributed by atoms with Crippen LogP contribution in [-0.4, -0.2) is 28.9 Å². The predicted octanol–water partition coefficient (Wildman–Crippen LogP) is 4.59. The van der Waals surface area contributed by atoms with Gasteiger partial charge in [0.1, 0.15) is 5.69 Å². The second-order valence-electron chi connectivity index (χ2n) is 6.98. The standard InChI is InChI=1S/C23H22ClN3O/c24-20-7-5-17(6-8-20)11-13-25-21-9-10-22(26-15-21)23(28)27-14-12-18-3-1-2-4-19(18)16-27/h1-10,15,25H,11-14,16H2. The van der Waals surface area contributed by atoms with E-state index in [1.54, 1.807) is 12.3 Å². The first kappa shape index (κ1) is 18.5. The van der Waals surface area contributed by atoms with Crippen LogP contribution in [0.15, 0.2) is 66.9 Å². The number of halogens is 1. The van der Waals surface area contributed by atoms with E-state index in [2.05, 4.69) is 28.5 Å². The molecule has 0 saturated carbocycles. The normalized spacial score (nSPS) is 13.1. The summed E-state index contributed by atoms with van der Waals surface area (Å²) in [5, 5.41) is 4.09. The quantitative estimate of drug-likeness (QED) is 0.692. The molecule has 0 radical (unpaired) electrons. The van der Waals surface area contributed by atoms with Crippen molar-refractivity contribution < 1.29 is 4.79 Å². The zero-order valence-corrected chi connectivity index (χ0v) is 16.3. The van der Waals surface area contributed by atoms with Crippen molar-refractivity contribution in [2.24, 2.45) is 0 Å². The Morgan fingerprint density at radius 2 is 1.82 bits per heavy atom. The second kappa shape index (κ2) is 8.44. The van der Waals surface area contributed by atoms with Gasteiger partial charge < -0.3 is 10.2 Å². The number of carbonyl (C=O) groups is 1. The molecule has 5 heteroatoms. The van der Waals surface area contributed by atoms with Crippen LogP contribution >= 0.6 is 11.6 Å². The SMILES string of the molecule is O=C(c1ccc(NCCc2ccc(Cl)cc2)cn1)N1CCc2ccccc2C1. The van der Waals surface area contributed by atoms with E-state index < -0.39 is 0 Å². The van der Waals surface area contributed by atoms with E-state index in [1.807, 2.05) is 41.3 Å². The van der Waals surface area contributed by atoms with Gasteiger partial charge in [-0.2, -0.15) is 0 Å². The number of pyridine rings is 1. The van der Waals surface area contributed by atoms with Gasteiger partial charge in [-0.1, -0.05) is 48.0 Å². The maximum Gasteiger partial charge on any atom is 0.272 e. The highest BCUT2D eigenvalue weighted by Crippen LogP contribution is 2.20. The van der Waals surface area contributed by atoms with Gasteiger partial charge in [-0.3, -0.25) is 4.79 Å². The van der Waals surface area contributed by atoms with Crippen molar-refractivity contribution >= 4 is 23.2 Å². The minimum absolute atomic E-state index is 0.0118. The summed E-state index contributed by atoms with van der Waals surface area (Å²) in [4.78, 5) is 19.0. The maximum atomic E-state index is 12.8. The molecule has 0 unspecified atom stereocenters. The molecule has 28 heavy (non-hydrogen) atoms. The summed E-state index contributed by atoms with van der Waals surface area (Å²) >= 11 is 5.91. The molecule has 1 aliphatic heterocycles. The van der Waals surface area contributed by atoms with Crippen LogP contribution in [0, 0.1) is 0 Å². The van der Waals surface area contributed by atoms with Crippen LogP contribution in [0.2, 0.25) is 5.02 Å². The number of rotatable bonds is 5. The highest BCUT2D eigenvalue weighted by atomic mass is 35.5. The van der Waals surface area contributed by atoms with Gasteiger partial charge in [0.25, 0.3) is 5.91 Å². The number of hydrogen-bond donors (Lipinski definition) is 1. The molecule has 1 aromatic heterocycles. The predicted molar refractivity (Wildman–Crippen MR) is 113 cm³/mol. The minimum atomic E-state index is -0.0118. The van der Waals surface area contributed by atoms with Crippen molar-refractivity contribution in [3.63, 3.8) is 0 Å². The molecule has 2 aromatic carbocycles. The van der Waals surface area contributed by atoms with Crippen molar-refractivity contribution in [1.82, 2.24) is 9.88 Å². The Morgan fingerprint density at radius 1 is 1.04 bits per heavy atom. The Labute approximate surface area is 170 Å². The summed E-state index contributed by atoms with van der Waals surface area (Å²) in [6, 6.07) is 19.9. The Balaban J connectivity index is 1.33. The van der Waals surface area contributed by atoms with Gasteiger partial charge in [-0.15, -0.1) is 0 Å². The van der Waals surface area contributed by atoms with E-state index >= 15 is 0 Å². The molecule has 0 aliphatic carbocycles. The fourth-order valence-corrected chi connectivity index (χ4v) is 3.58. The lowest BCUT2D eigenvalue weighted by Crippen LogP contribution is -2.36. The lowest BCUT2D eigenvalue weighted by atomic mass is 10.00. The highest BCUT2D eigenvalue weighted by Gasteiger charge is 2.22. The molecular weight excluding hydrogens is 370 g/mol. The fourth-order valence-electron chi connectivity index (χ4n) is 3.46. The molecule has 0 bridgehead atoms. The number of amides is 1. The summed E-state index contributed by atoms with van der Waals surface area (Å²) in [5.74, 6) is -0.0118. The van der Waals surface area contributed by atoms with E-state index in [9.17, 15) is 4.79 Å². The zero-order chi connectivity index (χ0) is 19.3. The number of aromatic nitrogens is 1. The summed E-state index contributed by atoms with van der Waals surface area (Å²) in [6.45, 7) is 2.18. The summed E-state index contributed by atoms with van der Waals surface area (Å²) < 4.78 is 0. The van der Waals surface area contributed by atoms with Crippen molar-refractivity contribution in [1.29, 1.82) is 0 Å². The Morgan fingerprint density at radius 3 is 2.57 bits per heavy atom. The molecular formula is C23H22ClN3O. The van der Waals surface area contributed by atoms with Gasteiger partial charge >= 0.3 is 0 Å². The monoisotopic (exact) mass is 391 g/mol. The van der Waals surface area contributed by atoms with Crippen molar-refractivity contribution in [3.8, 4) is 0 Å². The third kappa shape index (κ3) is 4.34.